The number of aromatic nitrogens is 2. The molecule has 82 valence electrons. The molecule has 1 saturated heterocycles. The fraction of sp³-hybridized carbons (Fsp3) is 0.636. The molecule has 1 fully saturated rings. The van der Waals surface area contributed by atoms with Gasteiger partial charge in [0.1, 0.15) is 0 Å². The second kappa shape index (κ2) is 4.14. The van der Waals surface area contributed by atoms with Crippen LogP contribution >= 0.6 is 0 Å². The van der Waals surface area contributed by atoms with Gasteiger partial charge in [0, 0.05) is 37.1 Å². The van der Waals surface area contributed by atoms with Crippen molar-refractivity contribution in [1.82, 2.24) is 15.3 Å². The molecule has 0 radical (unpaired) electrons. The molecule has 1 aromatic heterocycles. The maximum absolute atomic E-state index is 4.50. The number of piperazine rings is 1. The standard InChI is InChI=1S/C11H18N4/c1-8-6-9(2)14-11(13-8)15-5-4-12-7-10(15)3/h6,10,12H,4-5,7H2,1-3H3. The molecular weight excluding hydrogens is 188 g/mol. The Morgan fingerprint density at radius 1 is 1.33 bits per heavy atom. The van der Waals surface area contributed by atoms with Crippen LogP contribution in [0.2, 0.25) is 0 Å². The first-order valence-electron chi connectivity index (χ1n) is 5.46. The molecule has 0 saturated carbocycles. The molecule has 0 bridgehead atoms. The average Bonchev–Trinajstić information content (AvgIpc) is 2.16. The lowest BCUT2D eigenvalue weighted by Gasteiger charge is -2.34. The van der Waals surface area contributed by atoms with Gasteiger partial charge in [0.15, 0.2) is 0 Å². The van der Waals surface area contributed by atoms with Gasteiger partial charge >= 0.3 is 0 Å². The third-order valence-corrected chi connectivity index (χ3v) is 2.73. The molecule has 1 aromatic rings. The van der Waals surface area contributed by atoms with E-state index in [0.29, 0.717) is 6.04 Å². The Kier molecular flexibility index (Phi) is 2.86. The first-order chi connectivity index (χ1) is 7.16. The largest absolute Gasteiger partial charge is 0.336 e. The van der Waals surface area contributed by atoms with E-state index in [-0.39, 0.29) is 0 Å². The molecule has 1 aliphatic rings. The minimum Gasteiger partial charge on any atom is -0.336 e. The van der Waals surface area contributed by atoms with Crippen molar-refractivity contribution < 1.29 is 0 Å². The molecule has 1 atom stereocenters. The monoisotopic (exact) mass is 206 g/mol. The SMILES string of the molecule is Cc1cc(C)nc(N2CCNCC2C)n1. The van der Waals surface area contributed by atoms with Crippen molar-refractivity contribution in [2.75, 3.05) is 24.5 Å². The number of nitrogens with one attached hydrogen (secondary N) is 1. The van der Waals surface area contributed by atoms with Crippen molar-refractivity contribution in [3.05, 3.63) is 17.5 Å². The van der Waals surface area contributed by atoms with E-state index in [1.54, 1.807) is 0 Å². The van der Waals surface area contributed by atoms with Crippen LogP contribution in [0.4, 0.5) is 5.95 Å². The highest BCUT2D eigenvalue weighted by Crippen LogP contribution is 2.14. The average molecular weight is 206 g/mol. The van der Waals surface area contributed by atoms with Gasteiger partial charge in [-0.15, -0.1) is 0 Å². The molecule has 15 heavy (non-hydrogen) atoms. The Bertz CT molecular complexity index is 330. The van der Waals surface area contributed by atoms with E-state index < -0.39 is 0 Å². The van der Waals surface area contributed by atoms with E-state index in [0.717, 1.165) is 37.0 Å². The molecule has 4 heteroatoms. The summed E-state index contributed by atoms with van der Waals surface area (Å²) in [5.41, 5.74) is 2.09. The van der Waals surface area contributed by atoms with Gasteiger partial charge in [-0.3, -0.25) is 0 Å². The highest BCUT2D eigenvalue weighted by molar-refractivity contribution is 5.34. The van der Waals surface area contributed by atoms with Gasteiger partial charge in [0.25, 0.3) is 0 Å². The summed E-state index contributed by atoms with van der Waals surface area (Å²) < 4.78 is 0. The zero-order valence-electron chi connectivity index (χ0n) is 9.62. The summed E-state index contributed by atoms with van der Waals surface area (Å²) in [6.07, 6.45) is 0. The maximum Gasteiger partial charge on any atom is 0.226 e. The Labute approximate surface area is 90.7 Å². The smallest absolute Gasteiger partial charge is 0.226 e. The first kappa shape index (κ1) is 10.4. The van der Waals surface area contributed by atoms with Crippen LogP contribution < -0.4 is 10.2 Å². The maximum atomic E-state index is 4.50. The Hall–Kier alpha value is -1.16. The van der Waals surface area contributed by atoms with E-state index in [1.807, 2.05) is 19.9 Å². The lowest BCUT2D eigenvalue weighted by molar-refractivity contribution is 0.492. The lowest BCUT2D eigenvalue weighted by atomic mass is 10.2. The summed E-state index contributed by atoms with van der Waals surface area (Å²) in [6.45, 7) is 9.25. The molecule has 2 heterocycles. The molecule has 0 amide bonds. The number of hydrogen-bond donors (Lipinski definition) is 1. The predicted molar refractivity (Wildman–Crippen MR) is 61.2 cm³/mol. The minimum absolute atomic E-state index is 0.472. The van der Waals surface area contributed by atoms with Gasteiger partial charge in [0.2, 0.25) is 5.95 Å². The number of anilines is 1. The first-order valence-corrected chi connectivity index (χ1v) is 5.46. The van der Waals surface area contributed by atoms with E-state index in [1.165, 1.54) is 0 Å². The molecule has 0 spiro atoms. The topological polar surface area (TPSA) is 41.1 Å². The Balaban J connectivity index is 2.27. The van der Waals surface area contributed by atoms with Gasteiger partial charge in [-0.2, -0.15) is 0 Å². The highest BCUT2D eigenvalue weighted by atomic mass is 15.3. The summed E-state index contributed by atoms with van der Waals surface area (Å²) in [7, 11) is 0. The second-order valence-electron chi connectivity index (χ2n) is 4.20. The van der Waals surface area contributed by atoms with Crippen molar-refractivity contribution in [2.45, 2.75) is 26.8 Å². The lowest BCUT2D eigenvalue weighted by Crippen LogP contribution is -2.50. The van der Waals surface area contributed by atoms with Crippen molar-refractivity contribution in [2.24, 2.45) is 0 Å². The molecule has 0 aromatic carbocycles. The minimum atomic E-state index is 0.472. The van der Waals surface area contributed by atoms with Gasteiger partial charge in [0.05, 0.1) is 0 Å². The van der Waals surface area contributed by atoms with Crippen molar-refractivity contribution in [3.8, 4) is 0 Å². The van der Waals surface area contributed by atoms with Crippen molar-refractivity contribution in [1.29, 1.82) is 0 Å². The summed E-state index contributed by atoms with van der Waals surface area (Å²) >= 11 is 0. The molecule has 2 rings (SSSR count). The zero-order chi connectivity index (χ0) is 10.8. The van der Waals surface area contributed by atoms with Crippen LogP contribution in [-0.4, -0.2) is 35.6 Å². The molecular formula is C11H18N4. The normalized spacial score (nSPS) is 21.8. The van der Waals surface area contributed by atoms with Crippen LogP contribution in [0, 0.1) is 13.8 Å². The van der Waals surface area contributed by atoms with Crippen LogP contribution in [0.25, 0.3) is 0 Å². The Morgan fingerprint density at radius 2 is 2.00 bits per heavy atom. The molecule has 4 nitrogen and oxygen atoms in total. The van der Waals surface area contributed by atoms with Gasteiger partial charge in [-0.25, -0.2) is 9.97 Å². The summed E-state index contributed by atoms with van der Waals surface area (Å²) in [5, 5.41) is 3.37. The summed E-state index contributed by atoms with van der Waals surface area (Å²) in [5.74, 6) is 0.876. The van der Waals surface area contributed by atoms with E-state index >= 15 is 0 Å². The van der Waals surface area contributed by atoms with Crippen LogP contribution in [0.15, 0.2) is 6.07 Å². The van der Waals surface area contributed by atoms with Gasteiger partial charge in [-0.1, -0.05) is 0 Å². The molecule has 1 N–H and O–H groups in total. The van der Waals surface area contributed by atoms with Crippen LogP contribution in [0.3, 0.4) is 0 Å². The summed E-state index contributed by atoms with van der Waals surface area (Å²) in [4.78, 5) is 11.3. The van der Waals surface area contributed by atoms with Crippen LogP contribution in [0.5, 0.6) is 0 Å². The number of aryl methyl sites for hydroxylation is 2. The van der Waals surface area contributed by atoms with E-state index in [4.69, 9.17) is 0 Å². The van der Waals surface area contributed by atoms with Gasteiger partial charge in [-0.05, 0) is 26.8 Å². The van der Waals surface area contributed by atoms with Crippen LogP contribution in [0.1, 0.15) is 18.3 Å². The predicted octanol–water partition coefficient (Wildman–Crippen LogP) is 0.892. The molecule has 1 unspecified atom stereocenters. The van der Waals surface area contributed by atoms with Gasteiger partial charge < -0.3 is 10.2 Å². The Morgan fingerprint density at radius 3 is 2.60 bits per heavy atom. The highest BCUT2D eigenvalue weighted by Gasteiger charge is 2.20. The van der Waals surface area contributed by atoms with E-state index in [2.05, 4.69) is 27.1 Å². The number of nitrogens with zero attached hydrogens (tertiary/aromatic N) is 3. The molecule has 0 aliphatic carbocycles. The fourth-order valence-corrected chi connectivity index (χ4v) is 1.97. The third-order valence-electron chi connectivity index (χ3n) is 2.73. The fourth-order valence-electron chi connectivity index (χ4n) is 1.97. The summed E-state index contributed by atoms with van der Waals surface area (Å²) in [6, 6.07) is 2.48. The quantitative estimate of drug-likeness (QED) is 0.741. The van der Waals surface area contributed by atoms with Crippen LogP contribution in [-0.2, 0) is 0 Å². The van der Waals surface area contributed by atoms with Crippen molar-refractivity contribution >= 4 is 5.95 Å². The third kappa shape index (κ3) is 2.26. The molecule has 1 aliphatic heterocycles. The number of hydrogen-bond acceptors (Lipinski definition) is 4. The second-order valence-corrected chi connectivity index (χ2v) is 4.20. The zero-order valence-corrected chi connectivity index (χ0v) is 9.62. The number of rotatable bonds is 1. The van der Waals surface area contributed by atoms with E-state index in [9.17, 15) is 0 Å². The van der Waals surface area contributed by atoms with Crippen molar-refractivity contribution in [3.63, 3.8) is 0 Å².